The van der Waals surface area contributed by atoms with E-state index in [4.69, 9.17) is 9.05 Å². The Morgan fingerprint density at radius 1 is 0.486 bits per heavy atom. The first kappa shape index (κ1) is 69.0. The van der Waals surface area contributed by atoms with Crippen LogP contribution in [0.15, 0.2) is 24.3 Å². The zero-order valence-corrected chi connectivity index (χ0v) is 48.4. The minimum atomic E-state index is -4.60. The van der Waals surface area contributed by atoms with Gasteiger partial charge in [-0.15, -0.1) is 0 Å². The normalized spacial score (nSPS) is 14.0. The first-order chi connectivity index (χ1) is 34.0. The first-order valence-electron chi connectivity index (χ1n) is 30.7. The molecular formula is C61H121N2O6P. The summed E-state index contributed by atoms with van der Waals surface area (Å²) in [5.41, 5.74) is 0. The van der Waals surface area contributed by atoms with Gasteiger partial charge in [-0.3, -0.25) is 9.36 Å². The number of nitrogens with one attached hydrogen (secondary N) is 1. The van der Waals surface area contributed by atoms with Crippen molar-refractivity contribution >= 4 is 13.7 Å². The molecule has 0 heterocycles. The lowest BCUT2D eigenvalue weighted by molar-refractivity contribution is -0.870. The number of unbranched alkanes of at least 4 members (excludes halogenated alkanes) is 42. The van der Waals surface area contributed by atoms with Crippen LogP contribution in [0.2, 0.25) is 0 Å². The molecule has 0 bridgehead atoms. The fourth-order valence-electron chi connectivity index (χ4n) is 9.35. The molecule has 0 aromatic heterocycles. The largest absolute Gasteiger partial charge is 0.756 e. The molecule has 0 fully saturated rings. The molecule has 70 heavy (non-hydrogen) atoms. The zero-order valence-electron chi connectivity index (χ0n) is 47.5. The average molecular weight is 1010 g/mol. The van der Waals surface area contributed by atoms with Crippen molar-refractivity contribution in [3.05, 3.63) is 24.3 Å². The molecule has 416 valence electrons. The third kappa shape index (κ3) is 54.7. The second-order valence-corrected chi connectivity index (χ2v) is 23.8. The lowest BCUT2D eigenvalue weighted by atomic mass is 10.0. The fraction of sp³-hybridized carbons (Fsp3) is 0.918. The summed E-state index contributed by atoms with van der Waals surface area (Å²) >= 11 is 0. The molecule has 0 saturated heterocycles. The highest BCUT2D eigenvalue weighted by molar-refractivity contribution is 7.45. The molecule has 0 spiro atoms. The summed E-state index contributed by atoms with van der Waals surface area (Å²) in [6.07, 6.45) is 67.0. The number of aliphatic hydroxyl groups is 1. The number of phosphoric ester groups is 1. The van der Waals surface area contributed by atoms with Crippen LogP contribution in [0.4, 0.5) is 0 Å². The van der Waals surface area contributed by atoms with Gasteiger partial charge in [-0.1, -0.05) is 295 Å². The number of likely N-dealkylation sites (N-methyl/N-ethyl adjacent to an activating group) is 1. The molecular weight excluding hydrogens is 888 g/mol. The predicted molar refractivity (Wildman–Crippen MR) is 302 cm³/mol. The van der Waals surface area contributed by atoms with Crippen LogP contribution in [0.3, 0.4) is 0 Å². The Labute approximate surface area is 436 Å². The van der Waals surface area contributed by atoms with Crippen molar-refractivity contribution in [3.63, 3.8) is 0 Å². The monoisotopic (exact) mass is 1010 g/mol. The highest BCUT2D eigenvalue weighted by Crippen LogP contribution is 2.38. The van der Waals surface area contributed by atoms with Crippen molar-refractivity contribution < 1.29 is 32.9 Å². The van der Waals surface area contributed by atoms with Crippen LogP contribution < -0.4 is 10.2 Å². The van der Waals surface area contributed by atoms with Gasteiger partial charge in [0.25, 0.3) is 7.82 Å². The van der Waals surface area contributed by atoms with Crippen LogP contribution in [0.25, 0.3) is 0 Å². The van der Waals surface area contributed by atoms with E-state index in [1.54, 1.807) is 6.08 Å². The maximum atomic E-state index is 13.0. The van der Waals surface area contributed by atoms with Gasteiger partial charge in [0, 0.05) is 6.42 Å². The van der Waals surface area contributed by atoms with Crippen molar-refractivity contribution in [3.8, 4) is 0 Å². The van der Waals surface area contributed by atoms with E-state index in [0.717, 1.165) is 38.5 Å². The highest BCUT2D eigenvalue weighted by Gasteiger charge is 2.23. The van der Waals surface area contributed by atoms with Crippen LogP contribution in [0.1, 0.15) is 309 Å². The number of carbonyl (C=O) groups is 1. The van der Waals surface area contributed by atoms with Crippen molar-refractivity contribution in [1.82, 2.24) is 5.32 Å². The third-order valence-electron chi connectivity index (χ3n) is 14.2. The molecule has 0 aliphatic heterocycles. The van der Waals surface area contributed by atoms with E-state index in [9.17, 15) is 19.4 Å². The number of rotatable bonds is 57. The van der Waals surface area contributed by atoms with Gasteiger partial charge in [0.2, 0.25) is 5.91 Å². The Morgan fingerprint density at radius 2 is 0.800 bits per heavy atom. The number of hydrogen-bond acceptors (Lipinski definition) is 6. The van der Waals surface area contributed by atoms with Crippen LogP contribution in [-0.2, 0) is 18.4 Å². The van der Waals surface area contributed by atoms with Crippen LogP contribution in [0, 0.1) is 0 Å². The number of carbonyl (C=O) groups excluding carboxylic acids is 1. The Bertz CT molecular complexity index is 1190. The number of amides is 1. The lowest BCUT2D eigenvalue weighted by Crippen LogP contribution is -2.45. The molecule has 0 rings (SSSR count). The van der Waals surface area contributed by atoms with Gasteiger partial charge in [0.15, 0.2) is 0 Å². The number of phosphoric acid groups is 1. The van der Waals surface area contributed by atoms with Crippen molar-refractivity contribution in [2.45, 2.75) is 321 Å². The number of hydrogen-bond donors (Lipinski definition) is 2. The third-order valence-corrected chi connectivity index (χ3v) is 15.1. The SMILES string of the molecule is CCCCCCCCCCCCCCCCCCC/C=C/CC/C=C/C(O)C(COP(=O)([O-])OCC[N+](C)(C)C)NC(=O)CCCCCCCCCCCCCCCCCCCCCCCCCCC. The van der Waals surface area contributed by atoms with E-state index in [1.807, 2.05) is 27.2 Å². The summed E-state index contributed by atoms with van der Waals surface area (Å²) in [5.74, 6) is -0.200. The van der Waals surface area contributed by atoms with Gasteiger partial charge in [0.1, 0.15) is 13.2 Å². The van der Waals surface area contributed by atoms with Crippen LogP contribution in [-0.4, -0.2) is 68.5 Å². The molecule has 0 radical (unpaired) electrons. The molecule has 2 N–H and O–H groups in total. The minimum absolute atomic E-state index is 0.00360. The summed E-state index contributed by atoms with van der Waals surface area (Å²) in [6.45, 7) is 4.68. The fourth-order valence-corrected chi connectivity index (χ4v) is 10.1. The Hall–Kier alpha value is -1.02. The van der Waals surface area contributed by atoms with Gasteiger partial charge in [-0.05, 0) is 32.1 Å². The van der Waals surface area contributed by atoms with Crippen LogP contribution in [0.5, 0.6) is 0 Å². The molecule has 3 unspecified atom stereocenters. The van der Waals surface area contributed by atoms with E-state index in [0.29, 0.717) is 17.4 Å². The van der Waals surface area contributed by atoms with E-state index < -0.39 is 20.0 Å². The quantitative estimate of drug-likeness (QED) is 0.0272. The van der Waals surface area contributed by atoms with Gasteiger partial charge in [-0.2, -0.15) is 0 Å². The van der Waals surface area contributed by atoms with Gasteiger partial charge < -0.3 is 28.8 Å². The highest BCUT2D eigenvalue weighted by atomic mass is 31.2. The molecule has 0 aliphatic rings. The summed E-state index contributed by atoms with van der Waals surface area (Å²) in [5, 5.41) is 13.9. The molecule has 8 nitrogen and oxygen atoms in total. The first-order valence-corrected chi connectivity index (χ1v) is 32.2. The Balaban J connectivity index is 4.17. The molecule has 0 aromatic carbocycles. The summed E-state index contributed by atoms with van der Waals surface area (Å²) < 4.78 is 23.4. The van der Waals surface area contributed by atoms with E-state index in [1.165, 1.54) is 250 Å². The standard InChI is InChI=1S/C61H121N2O6P/c1-6-8-10-12-14-16-18-20-22-24-26-28-30-31-33-35-37-39-41-43-45-47-49-51-53-55-61(65)62-59(58-69-70(66,67)68-57-56-63(3,4)5)60(64)54-52-50-48-46-44-42-40-38-36-34-32-29-27-25-23-21-19-17-15-13-11-9-7-2/h44,46,52,54,59-60,64H,6-43,45,47-51,53,55-58H2,1-5H3,(H-,62,65,66,67)/b46-44+,54-52+. The van der Waals surface area contributed by atoms with Crippen molar-refractivity contribution in [2.24, 2.45) is 0 Å². The molecule has 3 atom stereocenters. The van der Waals surface area contributed by atoms with Crippen LogP contribution >= 0.6 is 7.82 Å². The number of aliphatic hydroxyl groups excluding tert-OH is 1. The number of quaternary nitrogens is 1. The van der Waals surface area contributed by atoms with Gasteiger partial charge in [-0.25, -0.2) is 0 Å². The predicted octanol–water partition coefficient (Wildman–Crippen LogP) is 18.1. The average Bonchev–Trinajstić information content (AvgIpc) is 3.32. The molecule has 0 aromatic rings. The smallest absolute Gasteiger partial charge is 0.268 e. The second kappa shape index (κ2) is 52.8. The summed E-state index contributed by atoms with van der Waals surface area (Å²) in [7, 11) is 1.26. The summed E-state index contributed by atoms with van der Waals surface area (Å²) in [4.78, 5) is 25.5. The Morgan fingerprint density at radius 3 is 1.16 bits per heavy atom. The lowest BCUT2D eigenvalue weighted by Gasteiger charge is -2.29. The van der Waals surface area contributed by atoms with Crippen molar-refractivity contribution in [2.75, 3.05) is 40.9 Å². The van der Waals surface area contributed by atoms with Crippen molar-refractivity contribution in [1.29, 1.82) is 0 Å². The van der Waals surface area contributed by atoms with Gasteiger partial charge in [0.05, 0.1) is 39.9 Å². The molecule has 0 aliphatic carbocycles. The van der Waals surface area contributed by atoms with E-state index in [2.05, 4.69) is 31.3 Å². The second-order valence-electron chi connectivity index (χ2n) is 22.4. The minimum Gasteiger partial charge on any atom is -0.756 e. The molecule has 0 saturated carbocycles. The van der Waals surface area contributed by atoms with Gasteiger partial charge >= 0.3 is 0 Å². The maximum absolute atomic E-state index is 13.0. The molecule has 1 amide bonds. The number of allylic oxidation sites excluding steroid dienone is 3. The topological polar surface area (TPSA) is 108 Å². The maximum Gasteiger partial charge on any atom is 0.268 e. The van der Waals surface area contributed by atoms with E-state index in [-0.39, 0.29) is 19.1 Å². The summed E-state index contributed by atoms with van der Waals surface area (Å²) in [6, 6.07) is -0.900. The molecule has 9 heteroatoms. The Kier molecular flexibility index (Phi) is 52.1. The zero-order chi connectivity index (χ0) is 51.3. The number of nitrogens with zero attached hydrogens (tertiary/aromatic N) is 1. The van der Waals surface area contributed by atoms with E-state index >= 15 is 0 Å².